The van der Waals surface area contributed by atoms with E-state index >= 15 is 0 Å². The molecule has 14 heavy (non-hydrogen) atoms. The number of hydrogen-bond donors (Lipinski definition) is 2. The Bertz CT molecular complexity index is 148. The number of nitrogens with zero attached hydrogens (tertiary/aromatic N) is 1. The SMILES string of the molecule is CC[C@H](CO)NCC1CCCN(C)C1. The molecule has 1 unspecified atom stereocenters. The van der Waals surface area contributed by atoms with Crippen molar-refractivity contribution in [2.75, 3.05) is 33.3 Å². The lowest BCUT2D eigenvalue weighted by molar-refractivity contribution is 0.188. The molecule has 1 rings (SSSR count). The van der Waals surface area contributed by atoms with E-state index in [0.717, 1.165) is 18.9 Å². The second-order valence-electron chi connectivity index (χ2n) is 4.47. The zero-order valence-corrected chi connectivity index (χ0v) is 9.50. The van der Waals surface area contributed by atoms with Crippen molar-refractivity contribution in [3.05, 3.63) is 0 Å². The summed E-state index contributed by atoms with van der Waals surface area (Å²) in [7, 11) is 2.19. The van der Waals surface area contributed by atoms with Gasteiger partial charge in [-0.3, -0.25) is 0 Å². The van der Waals surface area contributed by atoms with Gasteiger partial charge in [0.15, 0.2) is 0 Å². The second kappa shape index (κ2) is 6.38. The lowest BCUT2D eigenvalue weighted by atomic mass is 9.98. The Labute approximate surface area is 87.5 Å². The molecule has 1 heterocycles. The van der Waals surface area contributed by atoms with Gasteiger partial charge in [-0.05, 0) is 45.3 Å². The third-order valence-corrected chi connectivity index (χ3v) is 3.13. The zero-order valence-electron chi connectivity index (χ0n) is 9.50. The number of piperidine rings is 1. The zero-order chi connectivity index (χ0) is 10.4. The first-order valence-electron chi connectivity index (χ1n) is 5.79. The van der Waals surface area contributed by atoms with Crippen LogP contribution in [0, 0.1) is 5.92 Å². The molecule has 0 bridgehead atoms. The van der Waals surface area contributed by atoms with Crippen LogP contribution in [0.3, 0.4) is 0 Å². The Hall–Kier alpha value is -0.120. The molecule has 2 atom stereocenters. The molecule has 0 aliphatic carbocycles. The van der Waals surface area contributed by atoms with E-state index < -0.39 is 0 Å². The van der Waals surface area contributed by atoms with Gasteiger partial charge in [0.25, 0.3) is 0 Å². The first-order valence-corrected chi connectivity index (χ1v) is 5.79. The Morgan fingerprint density at radius 1 is 1.57 bits per heavy atom. The van der Waals surface area contributed by atoms with Gasteiger partial charge in [0.05, 0.1) is 6.61 Å². The quantitative estimate of drug-likeness (QED) is 0.685. The number of rotatable bonds is 5. The van der Waals surface area contributed by atoms with Crippen LogP contribution in [-0.2, 0) is 0 Å². The van der Waals surface area contributed by atoms with Crippen LogP contribution < -0.4 is 5.32 Å². The molecule has 0 amide bonds. The molecule has 1 aliphatic rings. The Morgan fingerprint density at radius 3 is 2.93 bits per heavy atom. The molecule has 0 aromatic carbocycles. The molecule has 84 valence electrons. The fourth-order valence-corrected chi connectivity index (χ4v) is 2.11. The number of nitrogens with one attached hydrogen (secondary N) is 1. The summed E-state index contributed by atoms with van der Waals surface area (Å²) in [6.45, 7) is 5.88. The van der Waals surface area contributed by atoms with Crippen LogP contribution >= 0.6 is 0 Å². The van der Waals surface area contributed by atoms with Crippen molar-refractivity contribution in [2.45, 2.75) is 32.2 Å². The van der Waals surface area contributed by atoms with Crippen molar-refractivity contribution in [3.8, 4) is 0 Å². The fourth-order valence-electron chi connectivity index (χ4n) is 2.11. The molecule has 1 saturated heterocycles. The minimum Gasteiger partial charge on any atom is -0.395 e. The summed E-state index contributed by atoms with van der Waals surface area (Å²) in [4.78, 5) is 2.40. The normalized spacial score (nSPS) is 26.4. The van der Waals surface area contributed by atoms with Crippen molar-refractivity contribution in [2.24, 2.45) is 5.92 Å². The van der Waals surface area contributed by atoms with Crippen molar-refractivity contribution in [3.63, 3.8) is 0 Å². The average molecular weight is 200 g/mol. The maximum absolute atomic E-state index is 9.03. The van der Waals surface area contributed by atoms with Crippen LogP contribution in [0.1, 0.15) is 26.2 Å². The van der Waals surface area contributed by atoms with E-state index in [1.165, 1.54) is 25.9 Å². The van der Waals surface area contributed by atoms with E-state index in [4.69, 9.17) is 5.11 Å². The maximum atomic E-state index is 9.03. The summed E-state index contributed by atoms with van der Waals surface area (Å²) in [5.41, 5.74) is 0. The van der Waals surface area contributed by atoms with Crippen LogP contribution in [0.5, 0.6) is 0 Å². The second-order valence-corrected chi connectivity index (χ2v) is 4.47. The van der Waals surface area contributed by atoms with Crippen LogP contribution in [0.25, 0.3) is 0 Å². The highest BCUT2D eigenvalue weighted by molar-refractivity contribution is 4.74. The molecule has 2 N–H and O–H groups in total. The van der Waals surface area contributed by atoms with Gasteiger partial charge in [-0.2, -0.15) is 0 Å². The van der Waals surface area contributed by atoms with Crippen molar-refractivity contribution >= 4 is 0 Å². The summed E-state index contributed by atoms with van der Waals surface area (Å²) in [5.74, 6) is 0.773. The summed E-state index contributed by atoms with van der Waals surface area (Å²) in [6.07, 6.45) is 3.66. The predicted molar refractivity (Wildman–Crippen MR) is 59.4 cm³/mol. The van der Waals surface area contributed by atoms with Gasteiger partial charge in [-0.25, -0.2) is 0 Å². The van der Waals surface area contributed by atoms with Gasteiger partial charge in [-0.15, -0.1) is 0 Å². The minimum absolute atomic E-state index is 0.263. The highest BCUT2D eigenvalue weighted by Gasteiger charge is 2.17. The highest BCUT2D eigenvalue weighted by atomic mass is 16.3. The van der Waals surface area contributed by atoms with Gasteiger partial charge in [0.1, 0.15) is 0 Å². The number of aliphatic hydroxyl groups is 1. The lowest BCUT2D eigenvalue weighted by Gasteiger charge is -2.30. The molecule has 0 radical (unpaired) electrons. The third kappa shape index (κ3) is 3.95. The standard InChI is InChI=1S/C11H24N2O/c1-3-11(9-14)12-7-10-5-4-6-13(2)8-10/h10-12,14H,3-9H2,1-2H3/t10?,11-/m1/s1. The highest BCUT2D eigenvalue weighted by Crippen LogP contribution is 2.14. The van der Waals surface area contributed by atoms with Gasteiger partial charge in [0, 0.05) is 12.6 Å². The molecular weight excluding hydrogens is 176 g/mol. The van der Waals surface area contributed by atoms with E-state index in [2.05, 4.69) is 24.2 Å². The molecule has 3 heteroatoms. The summed E-state index contributed by atoms with van der Waals surface area (Å²) >= 11 is 0. The van der Waals surface area contributed by atoms with Crippen LogP contribution in [0.4, 0.5) is 0 Å². The van der Waals surface area contributed by atoms with Gasteiger partial charge in [0.2, 0.25) is 0 Å². The monoisotopic (exact) mass is 200 g/mol. The number of aliphatic hydroxyl groups excluding tert-OH is 1. The predicted octanol–water partition coefficient (Wildman–Crippen LogP) is 0.689. The van der Waals surface area contributed by atoms with E-state index in [9.17, 15) is 0 Å². The summed E-state index contributed by atoms with van der Waals surface area (Å²) in [5, 5.41) is 12.5. The molecule has 0 saturated carbocycles. The molecular formula is C11H24N2O. The van der Waals surface area contributed by atoms with Crippen LogP contribution in [0.15, 0.2) is 0 Å². The first-order chi connectivity index (χ1) is 6.76. The van der Waals surface area contributed by atoms with E-state index in [1.807, 2.05) is 0 Å². The third-order valence-electron chi connectivity index (χ3n) is 3.13. The summed E-state index contributed by atoms with van der Waals surface area (Å²) < 4.78 is 0. The Balaban J connectivity index is 2.16. The van der Waals surface area contributed by atoms with Gasteiger partial charge >= 0.3 is 0 Å². The van der Waals surface area contributed by atoms with Crippen molar-refractivity contribution < 1.29 is 5.11 Å². The van der Waals surface area contributed by atoms with E-state index in [-0.39, 0.29) is 6.61 Å². The van der Waals surface area contributed by atoms with Crippen molar-refractivity contribution in [1.29, 1.82) is 0 Å². The lowest BCUT2D eigenvalue weighted by Crippen LogP contribution is -2.41. The smallest absolute Gasteiger partial charge is 0.0584 e. The fraction of sp³-hybridized carbons (Fsp3) is 1.00. The molecule has 1 aliphatic heterocycles. The number of likely N-dealkylation sites (tertiary alicyclic amines) is 1. The summed E-state index contributed by atoms with van der Waals surface area (Å²) in [6, 6.07) is 0.294. The molecule has 0 spiro atoms. The molecule has 0 aromatic rings. The van der Waals surface area contributed by atoms with Gasteiger partial charge < -0.3 is 15.3 Å². The Kier molecular flexibility index (Phi) is 5.45. The largest absolute Gasteiger partial charge is 0.395 e. The molecule has 0 aromatic heterocycles. The van der Waals surface area contributed by atoms with E-state index in [1.54, 1.807) is 0 Å². The van der Waals surface area contributed by atoms with E-state index in [0.29, 0.717) is 6.04 Å². The first kappa shape index (κ1) is 12.0. The molecule has 1 fully saturated rings. The van der Waals surface area contributed by atoms with Gasteiger partial charge in [-0.1, -0.05) is 6.92 Å². The van der Waals surface area contributed by atoms with Crippen LogP contribution in [-0.4, -0.2) is 49.3 Å². The van der Waals surface area contributed by atoms with Crippen molar-refractivity contribution in [1.82, 2.24) is 10.2 Å². The minimum atomic E-state index is 0.263. The topological polar surface area (TPSA) is 35.5 Å². The molecule has 3 nitrogen and oxygen atoms in total. The maximum Gasteiger partial charge on any atom is 0.0584 e. The average Bonchev–Trinajstić information content (AvgIpc) is 2.19. The number of hydrogen-bond acceptors (Lipinski definition) is 3. The Morgan fingerprint density at radius 2 is 2.36 bits per heavy atom. The van der Waals surface area contributed by atoms with Crippen LogP contribution in [0.2, 0.25) is 0 Å².